The van der Waals surface area contributed by atoms with Gasteiger partial charge in [0, 0.05) is 28.8 Å². The van der Waals surface area contributed by atoms with Crippen molar-refractivity contribution in [2.75, 3.05) is 6.54 Å². The van der Waals surface area contributed by atoms with Crippen LogP contribution in [0.1, 0.15) is 29.4 Å². The lowest BCUT2D eigenvalue weighted by Gasteiger charge is -2.00. The molecule has 6 heteroatoms. The topological polar surface area (TPSA) is 72.2 Å². The van der Waals surface area contributed by atoms with Gasteiger partial charge < -0.3 is 5.32 Å². The van der Waals surface area contributed by atoms with Crippen LogP contribution in [0.2, 0.25) is 0 Å². The summed E-state index contributed by atoms with van der Waals surface area (Å²) in [6.07, 6.45) is 1.97. The van der Waals surface area contributed by atoms with Crippen molar-refractivity contribution in [1.82, 2.24) is 5.32 Å². The van der Waals surface area contributed by atoms with Gasteiger partial charge in [-0.3, -0.25) is 14.9 Å². The third-order valence-electron chi connectivity index (χ3n) is 2.75. The number of hydrogen-bond donors (Lipinski definition) is 1. The number of rotatable bonds is 5. The van der Waals surface area contributed by atoms with Crippen molar-refractivity contribution in [2.24, 2.45) is 0 Å². The largest absolute Gasteiger partial charge is 0.351 e. The van der Waals surface area contributed by atoms with Crippen LogP contribution in [-0.2, 0) is 0 Å². The van der Waals surface area contributed by atoms with Crippen molar-refractivity contribution in [1.29, 1.82) is 0 Å². The minimum absolute atomic E-state index is 0.0447. The van der Waals surface area contributed by atoms with Crippen molar-refractivity contribution in [3.63, 3.8) is 0 Å². The molecule has 0 aliphatic carbocycles. The number of nitro benzene ring substituents is 1. The van der Waals surface area contributed by atoms with Crippen molar-refractivity contribution in [3.8, 4) is 0 Å². The molecular formula is C13H14N2O3S. The maximum atomic E-state index is 11.9. The smallest absolute Gasteiger partial charge is 0.270 e. The summed E-state index contributed by atoms with van der Waals surface area (Å²) in [5, 5.41) is 14.3. The van der Waals surface area contributed by atoms with Crippen LogP contribution < -0.4 is 5.32 Å². The van der Waals surface area contributed by atoms with Gasteiger partial charge in [0.15, 0.2) is 0 Å². The molecule has 2 rings (SSSR count). The molecule has 100 valence electrons. The normalized spacial score (nSPS) is 10.6. The van der Waals surface area contributed by atoms with Gasteiger partial charge in [0.1, 0.15) is 0 Å². The van der Waals surface area contributed by atoms with Gasteiger partial charge in [0.25, 0.3) is 11.6 Å². The summed E-state index contributed by atoms with van der Waals surface area (Å²) in [4.78, 5) is 22.7. The molecule has 0 aliphatic rings. The number of fused-ring (bicyclic) bond motifs is 1. The first-order valence-corrected chi connectivity index (χ1v) is 6.89. The lowest BCUT2D eigenvalue weighted by Crippen LogP contribution is -2.23. The van der Waals surface area contributed by atoms with E-state index in [1.54, 1.807) is 12.1 Å². The summed E-state index contributed by atoms with van der Waals surface area (Å²) < 4.78 is 0.881. The molecule has 1 heterocycles. The molecule has 0 bridgehead atoms. The quantitative estimate of drug-likeness (QED) is 0.518. The fraction of sp³-hybridized carbons (Fsp3) is 0.308. The van der Waals surface area contributed by atoms with Crippen molar-refractivity contribution in [2.45, 2.75) is 19.8 Å². The SMILES string of the molecule is CCCCNC(=O)c1cc2cc([N+](=O)[O-])ccc2s1. The van der Waals surface area contributed by atoms with E-state index in [1.165, 1.54) is 23.5 Å². The number of amides is 1. The van der Waals surface area contributed by atoms with Gasteiger partial charge in [-0.25, -0.2) is 0 Å². The molecule has 19 heavy (non-hydrogen) atoms. The van der Waals surface area contributed by atoms with Crippen LogP contribution in [0.25, 0.3) is 10.1 Å². The van der Waals surface area contributed by atoms with E-state index in [9.17, 15) is 14.9 Å². The summed E-state index contributed by atoms with van der Waals surface area (Å²) in [6, 6.07) is 6.33. The highest BCUT2D eigenvalue weighted by Gasteiger charge is 2.12. The molecule has 0 saturated carbocycles. The van der Waals surface area contributed by atoms with Crippen LogP contribution in [0.15, 0.2) is 24.3 Å². The minimum Gasteiger partial charge on any atom is -0.351 e. The first-order chi connectivity index (χ1) is 9.11. The average Bonchev–Trinajstić information content (AvgIpc) is 2.81. The van der Waals surface area contributed by atoms with E-state index in [4.69, 9.17) is 0 Å². The number of thiophene rings is 1. The summed E-state index contributed by atoms with van der Waals surface area (Å²) in [5.41, 5.74) is 0.0447. The standard InChI is InChI=1S/C13H14N2O3S/c1-2-3-6-14-13(16)12-8-9-7-10(15(17)18)4-5-11(9)19-12/h4-5,7-8H,2-3,6H2,1H3,(H,14,16). The number of benzene rings is 1. The Morgan fingerprint density at radius 2 is 2.21 bits per heavy atom. The molecule has 0 spiro atoms. The van der Waals surface area contributed by atoms with Gasteiger partial charge in [-0.15, -0.1) is 11.3 Å². The Labute approximate surface area is 114 Å². The highest BCUT2D eigenvalue weighted by molar-refractivity contribution is 7.20. The lowest BCUT2D eigenvalue weighted by atomic mass is 10.2. The van der Waals surface area contributed by atoms with Crippen LogP contribution in [0.5, 0.6) is 0 Å². The molecule has 0 fully saturated rings. The average molecular weight is 278 g/mol. The number of nitrogens with zero attached hydrogens (tertiary/aromatic N) is 1. The number of carbonyl (C=O) groups is 1. The van der Waals surface area contributed by atoms with Crippen molar-refractivity contribution >= 4 is 33.0 Å². The van der Waals surface area contributed by atoms with Gasteiger partial charge in [0.05, 0.1) is 9.80 Å². The Hall–Kier alpha value is -1.95. The highest BCUT2D eigenvalue weighted by Crippen LogP contribution is 2.28. The molecule has 1 aromatic heterocycles. The van der Waals surface area contributed by atoms with Crippen LogP contribution in [0, 0.1) is 10.1 Å². The van der Waals surface area contributed by atoms with Crippen LogP contribution >= 0.6 is 11.3 Å². The molecule has 1 aromatic carbocycles. The van der Waals surface area contributed by atoms with E-state index < -0.39 is 4.92 Å². The van der Waals surface area contributed by atoms with Crippen LogP contribution in [0.3, 0.4) is 0 Å². The van der Waals surface area contributed by atoms with E-state index in [2.05, 4.69) is 12.2 Å². The number of carbonyl (C=O) groups excluding carboxylic acids is 1. The molecule has 0 radical (unpaired) electrons. The highest BCUT2D eigenvalue weighted by atomic mass is 32.1. The zero-order valence-electron chi connectivity index (χ0n) is 10.5. The predicted molar refractivity (Wildman–Crippen MR) is 75.7 cm³/mol. The molecule has 1 N–H and O–H groups in total. The maximum Gasteiger partial charge on any atom is 0.270 e. The second kappa shape index (κ2) is 5.79. The molecule has 0 saturated heterocycles. The minimum atomic E-state index is -0.432. The van der Waals surface area contributed by atoms with Crippen molar-refractivity contribution < 1.29 is 9.72 Å². The Bertz CT molecular complexity index is 621. The predicted octanol–water partition coefficient (Wildman–Crippen LogP) is 3.34. The summed E-state index contributed by atoms with van der Waals surface area (Å²) in [5.74, 6) is -0.114. The third kappa shape index (κ3) is 3.08. The molecule has 5 nitrogen and oxygen atoms in total. The Morgan fingerprint density at radius 3 is 2.89 bits per heavy atom. The van der Waals surface area contributed by atoms with Gasteiger partial charge in [-0.05, 0) is 18.6 Å². The van der Waals surface area contributed by atoms with Crippen molar-refractivity contribution in [3.05, 3.63) is 39.3 Å². The first-order valence-electron chi connectivity index (χ1n) is 6.08. The number of unbranched alkanes of at least 4 members (excludes halogenated alkanes) is 1. The number of nitro groups is 1. The van der Waals surface area contributed by atoms with Crippen LogP contribution in [0.4, 0.5) is 5.69 Å². The molecular weight excluding hydrogens is 264 g/mol. The number of nitrogens with one attached hydrogen (secondary N) is 1. The van der Waals surface area contributed by atoms with Gasteiger partial charge in [-0.1, -0.05) is 13.3 Å². The molecule has 0 aliphatic heterocycles. The molecule has 1 amide bonds. The van der Waals surface area contributed by atoms with Gasteiger partial charge in [-0.2, -0.15) is 0 Å². The van der Waals surface area contributed by atoms with E-state index in [0.29, 0.717) is 11.4 Å². The molecule has 2 aromatic rings. The second-order valence-electron chi connectivity index (χ2n) is 4.20. The first kappa shape index (κ1) is 13.5. The van der Waals surface area contributed by atoms with E-state index in [-0.39, 0.29) is 11.6 Å². The Kier molecular flexibility index (Phi) is 4.11. The number of hydrogen-bond acceptors (Lipinski definition) is 4. The Balaban J connectivity index is 2.21. The van der Waals surface area contributed by atoms with Gasteiger partial charge in [0.2, 0.25) is 0 Å². The van der Waals surface area contributed by atoms with E-state index in [1.807, 2.05) is 0 Å². The Morgan fingerprint density at radius 1 is 1.42 bits per heavy atom. The molecule has 0 atom stereocenters. The zero-order chi connectivity index (χ0) is 13.8. The zero-order valence-corrected chi connectivity index (χ0v) is 11.3. The fourth-order valence-corrected chi connectivity index (χ4v) is 2.68. The third-order valence-corrected chi connectivity index (χ3v) is 3.87. The maximum absolute atomic E-state index is 11.9. The van der Waals surface area contributed by atoms with E-state index in [0.717, 1.165) is 22.9 Å². The monoisotopic (exact) mass is 278 g/mol. The fourth-order valence-electron chi connectivity index (χ4n) is 1.72. The summed E-state index contributed by atoms with van der Waals surface area (Å²) >= 11 is 1.35. The van der Waals surface area contributed by atoms with E-state index >= 15 is 0 Å². The summed E-state index contributed by atoms with van der Waals surface area (Å²) in [6.45, 7) is 2.72. The van der Waals surface area contributed by atoms with Gasteiger partial charge >= 0.3 is 0 Å². The lowest BCUT2D eigenvalue weighted by molar-refractivity contribution is -0.384. The number of non-ortho nitro benzene ring substituents is 1. The summed E-state index contributed by atoms with van der Waals surface area (Å²) in [7, 11) is 0. The second-order valence-corrected chi connectivity index (χ2v) is 5.28. The molecule has 0 unspecified atom stereocenters. The van der Waals surface area contributed by atoms with Crippen LogP contribution in [-0.4, -0.2) is 17.4 Å².